The van der Waals surface area contributed by atoms with E-state index in [9.17, 15) is 0 Å². The normalized spacial score (nSPS) is 10.2. The van der Waals surface area contributed by atoms with Crippen LogP contribution < -0.4 is 0 Å². The molecular weight excluding hydrogens is 373 g/mol. The van der Waals surface area contributed by atoms with Gasteiger partial charge in [0.1, 0.15) is 0 Å². The molecule has 5 heteroatoms. The molecule has 0 saturated carbocycles. The second kappa shape index (κ2) is 10.6. The van der Waals surface area contributed by atoms with Crippen LogP contribution >= 0.6 is 35.0 Å². The van der Waals surface area contributed by atoms with Crippen LogP contribution in [-0.4, -0.2) is 0 Å². The molecule has 0 N–H and O–H groups in total. The van der Waals surface area contributed by atoms with Gasteiger partial charge in [0.05, 0.1) is 0 Å². The molecule has 0 aliphatic rings. The van der Waals surface area contributed by atoms with Crippen LogP contribution in [0.25, 0.3) is 0 Å². The van der Waals surface area contributed by atoms with Gasteiger partial charge in [-0.2, -0.15) is 32.8 Å². The Morgan fingerprint density at radius 2 is 0.952 bits per heavy atom. The molecule has 2 rings (SSSR count). The van der Waals surface area contributed by atoms with E-state index < -0.39 is 17.0 Å². The predicted octanol–water partition coefficient (Wildman–Crippen LogP) is 7.82. The predicted molar refractivity (Wildman–Crippen MR) is 98.7 cm³/mol. The van der Waals surface area contributed by atoms with Gasteiger partial charge in [0.15, 0.2) is 0 Å². The number of hydrogen-bond donors (Lipinski definition) is 0. The average Bonchev–Trinajstić information content (AvgIpc) is 2.77. The molecule has 0 aliphatic heterocycles. The molecular formula is C16H24Cl2P2Ti-2. The fourth-order valence-corrected chi connectivity index (χ4v) is 4.27. The summed E-state index contributed by atoms with van der Waals surface area (Å²) in [5, 5.41) is 6.07. The van der Waals surface area contributed by atoms with Crippen LogP contribution in [0.15, 0.2) is 0 Å². The van der Waals surface area contributed by atoms with Crippen molar-refractivity contribution in [2.24, 2.45) is 0 Å². The molecule has 118 valence electrons. The van der Waals surface area contributed by atoms with Gasteiger partial charge in [0.2, 0.25) is 0 Å². The number of aryl methyl sites for hydroxylation is 4. The summed E-state index contributed by atoms with van der Waals surface area (Å²) < 4.78 is 0. The van der Waals surface area contributed by atoms with Gasteiger partial charge in [-0.05, 0) is 0 Å². The van der Waals surface area contributed by atoms with Crippen LogP contribution in [0.5, 0.6) is 0 Å². The first kappa shape index (κ1) is 21.9. The summed E-state index contributed by atoms with van der Waals surface area (Å²) in [6.07, 6.45) is 0. The minimum absolute atomic E-state index is 0.556. The summed E-state index contributed by atoms with van der Waals surface area (Å²) in [6, 6.07) is 0. The van der Waals surface area contributed by atoms with Crippen LogP contribution in [0, 0.1) is 55.4 Å². The molecule has 2 aromatic rings. The summed E-state index contributed by atoms with van der Waals surface area (Å²) in [6.45, 7) is 17.6. The number of hydrogen-bond acceptors (Lipinski definition) is 0. The first-order chi connectivity index (χ1) is 9.67. The number of halogens is 2. The first-order valence-corrected chi connectivity index (χ1v) is 12.9. The van der Waals surface area contributed by atoms with E-state index in [0.717, 1.165) is 0 Å². The van der Waals surface area contributed by atoms with Gasteiger partial charge in [-0.25, -0.2) is 16.4 Å². The Morgan fingerprint density at radius 3 is 1.00 bits per heavy atom. The van der Waals surface area contributed by atoms with Crippen molar-refractivity contribution in [3.8, 4) is 0 Å². The molecule has 0 aromatic carbocycles. The Hall–Kier alpha value is 0.854. The van der Waals surface area contributed by atoms with Crippen LogP contribution in [-0.2, 0) is 17.0 Å². The van der Waals surface area contributed by atoms with Crippen molar-refractivity contribution >= 4 is 35.0 Å². The third-order valence-electron chi connectivity index (χ3n) is 3.97. The van der Waals surface area contributed by atoms with Gasteiger partial charge in [-0.1, -0.05) is 55.4 Å². The van der Waals surface area contributed by atoms with E-state index in [-0.39, 0.29) is 0 Å². The van der Waals surface area contributed by atoms with Crippen molar-refractivity contribution in [3.05, 3.63) is 43.4 Å². The summed E-state index contributed by atoms with van der Waals surface area (Å²) in [4.78, 5) is 0. The van der Waals surface area contributed by atoms with Crippen LogP contribution in [0.2, 0.25) is 0 Å². The number of rotatable bonds is 0. The topological polar surface area (TPSA) is 0 Å². The van der Waals surface area contributed by atoms with Crippen molar-refractivity contribution < 1.29 is 17.0 Å². The Labute approximate surface area is 150 Å². The van der Waals surface area contributed by atoms with Gasteiger partial charge in [0.25, 0.3) is 0 Å². The molecule has 2 heterocycles. The summed E-state index contributed by atoms with van der Waals surface area (Å²) >= 11 is -0.556. The quantitative estimate of drug-likeness (QED) is 0.314. The summed E-state index contributed by atoms with van der Waals surface area (Å²) in [5.41, 5.74) is 5.98. The molecule has 0 unspecified atom stereocenters. The molecule has 0 amide bonds. The van der Waals surface area contributed by atoms with Crippen LogP contribution in [0.3, 0.4) is 0 Å². The molecule has 0 aliphatic carbocycles. The fraction of sp³-hybridized carbons (Fsp3) is 0.500. The zero-order valence-corrected chi connectivity index (χ0v) is 19.0. The van der Waals surface area contributed by atoms with E-state index >= 15 is 0 Å². The van der Waals surface area contributed by atoms with E-state index in [1.54, 1.807) is 0 Å². The Bertz CT molecular complexity index is 476. The molecule has 0 saturated heterocycles. The Kier molecular flexibility index (Phi) is 11.0. The van der Waals surface area contributed by atoms with Gasteiger partial charge in [-0.15, -0.1) is 10.6 Å². The molecule has 0 nitrogen and oxygen atoms in total. The zero-order chi connectivity index (χ0) is 16.7. The van der Waals surface area contributed by atoms with E-state index in [4.69, 9.17) is 18.6 Å². The molecule has 0 bridgehead atoms. The zero-order valence-electron chi connectivity index (χ0n) is 14.2. The van der Waals surface area contributed by atoms with Gasteiger partial charge in [0, 0.05) is 0 Å². The van der Waals surface area contributed by atoms with Gasteiger partial charge < -0.3 is 0 Å². The van der Waals surface area contributed by atoms with Gasteiger partial charge in [-0.3, -0.25) is 0 Å². The van der Waals surface area contributed by atoms with E-state index in [0.29, 0.717) is 0 Å². The van der Waals surface area contributed by atoms with Crippen molar-refractivity contribution in [1.29, 1.82) is 0 Å². The fourth-order valence-electron chi connectivity index (χ4n) is 1.92. The van der Waals surface area contributed by atoms with Crippen molar-refractivity contribution in [1.82, 2.24) is 0 Å². The standard InChI is InChI=1S/2C8H12P.2ClH.Ti/c2*1-5-6(2)8(4)9-7(5)3;;;/h2*1-4H3;2*1H;/q2*-1;;;+2/p-2. The van der Waals surface area contributed by atoms with Crippen molar-refractivity contribution in [2.75, 3.05) is 0 Å². The maximum atomic E-state index is 4.89. The van der Waals surface area contributed by atoms with Crippen molar-refractivity contribution in [3.63, 3.8) is 0 Å². The maximum absolute atomic E-state index is 4.89. The van der Waals surface area contributed by atoms with Gasteiger partial charge >= 0.3 is 35.6 Å². The second-order valence-corrected chi connectivity index (χ2v) is 10.8. The Balaban J connectivity index is 0.000000322. The van der Waals surface area contributed by atoms with E-state index in [1.807, 2.05) is 0 Å². The average molecular weight is 397 g/mol. The molecule has 0 atom stereocenters. The Morgan fingerprint density at radius 1 is 0.714 bits per heavy atom. The minimum atomic E-state index is -0.556. The molecule has 2 aromatic heterocycles. The first-order valence-electron chi connectivity index (χ1n) is 6.77. The monoisotopic (exact) mass is 396 g/mol. The molecule has 0 radical (unpaired) electrons. The molecule has 0 spiro atoms. The third-order valence-corrected chi connectivity index (χ3v) is 6.65. The van der Waals surface area contributed by atoms with Crippen LogP contribution in [0.1, 0.15) is 43.4 Å². The summed E-state index contributed by atoms with van der Waals surface area (Å²) in [7, 11) is 12.6. The van der Waals surface area contributed by atoms with Crippen LogP contribution in [0.4, 0.5) is 0 Å². The molecule has 21 heavy (non-hydrogen) atoms. The summed E-state index contributed by atoms with van der Waals surface area (Å²) in [5.74, 6) is 0. The van der Waals surface area contributed by atoms with Crippen molar-refractivity contribution in [2.45, 2.75) is 55.4 Å². The van der Waals surface area contributed by atoms with E-state index in [2.05, 4.69) is 55.4 Å². The SMILES string of the molecule is Cc1p[c-](C)c(C)c1C.Cc1p[c-](C)c(C)c1C.[Cl][Ti][Cl]. The van der Waals surface area contributed by atoms with E-state index in [1.165, 1.54) is 59.8 Å². The molecule has 0 fully saturated rings. The third kappa shape index (κ3) is 6.87. The second-order valence-electron chi connectivity index (χ2n) is 5.14.